The molecule has 0 aliphatic rings. The Morgan fingerprint density at radius 1 is 1.41 bits per heavy atom. The highest BCUT2D eigenvalue weighted by atomic mass is 19.1. The second kappa shape index (κ2) is 5.59. The standard InChI is InChI=1S/C13H16FN3/c1-17-8-7-16-13(17)10-15-6-5-11-3-2-4-12(14)9-11/h2-4,7-9,15H,5-6,10H2,1H3. The summed E-state index contributed by atoms with van der Waals surface area (Å²) in [7, 11) is 1.97. The molecule has 0 saturated heterocycles. The van der Waals surface area contributed by atoms with E-state index >= 15 is 0 Å². The molecule has 1 N–H and O–H groups in total. The number of hydrogen-bond donors (Lipinski definition) is 1. The van der Waals surface area contributed by atoms with Crippen molar-refractivity contribution in [1.82, 2.24) is 14.9 Å². The first-order chi connectivity index (χ1) is 8.25. The van der Waals surface area contributed by atoms with Crippen LogP contribution < -0.4 is 5.32 Å². The monoisotopic (exact) mass is 233 g/mol. The maximum absolute atomic E-state index is 12.9. The van der Waals surface area contributed by atoms with E-state index in [0.717, 1.165) is 30.9 Å². The van der Waals surface area contributed by atoms with Crippen molar-refractivity contribution < 1.29 is 4.39 Å². The smallest absolute Gasteiger partial charge is 0.123 e. The van der Waals surface area contributed by atoms with Crippen molar-refractivity contribution in [1.29, 1.82) is 0 Å². The maximum Gasteiger partial charge on any atom is 0.123 e. The van der Waals surface area contributed by atoms with Crippen molar-refractivity contribution in [2.75, 3.05) is 6.54 Å². The zero-order valence-corrected chi connectivity index (χ0v) is 9.86. The highest BCUT2D eigenvalue weighted by Crippen LogP contribution is 2.03. The average Bonchev–Trinajstić information content (AvgIpc) is 2.71. The minimum absolute atomic E-state index is 0.174. The molecule has 4 heteroatoms. The van der Waals surface area contributed by atoms with Crippen LogP contribution in [0.2, 0.25) is 0 Å². The molecule has 0 spiro atoms. The zero-order chi connectivity index (χ0) is 12.1. The van der Waals surface area contributed by atoms with E-state index in [2.05, 4.69) is 10.3 Å². The van der Waals surface area contributed by atoms with Gasteiger partial charge in [-0.25, -0.2) is 9.37 Å². The van der Waals surface area contributed by atoms with Crippen LogP contribution in [0.25, 0.3) is 0 Å². The van der Waals surface area contributed by atoms with Crippen LogP contribution in [0, 0.1) is 5.82 Å². The molecular weight excluding hydrogens is 217 g/mol. The lowest BCUT2D eigenvalue weighted by Gasteiger charge is -2.05. The van der Waals surface area contributed by atoms with Crippen LogP contribution >= 0.6 is 0 Å². The maximum atomic E-state index is 12.9. The van der Waals surface area contributed by atoms with Crippen molar-refractivity contribution in [2.24, 2.45) is 7.05 Å². The Bertz CT molecular complexity index is 479. The van der Waals surface area contributed by atoms with Gasteiger partial charge in [0.25, 0.3) is 0 Å². The molecule has 17 heavy (non-hydrogen) atoms. The fraction of sp³-hybridized carbons (Fsp3) is 0.308. The number of nitrogens with one attached hydrogen (secondary N) is 1. The Kier molecular flexibility index (Phi) is 3.88. The average molecular weight is 233 g/mol. The van der Waals surface area contributed by atoms with E-state index in [-0.39, 0.29) is 5.82 Å². The second-order valence-corrected chi connectivity index (χ2v) is 4.01. The Morgan fingerprint density at radius 2 is 2.29 bits per heavy atom. The largest absolute Gasteiger partial charge is 0.337 e. The van der Waals surface area contributed by atoms with E-state index in [4.69, 9.17) is 0 Å². The first-order valence-electron chi connectivity index (χ1n) is 5.67. The third-order valence-electron chi connectivity index (χ3n) is 2.68. The van der Waals surface area contributed by atoms with Gasteiger partial charge in [-0.05, 0) is 30.7 Å². The second-order valence-electron chi connectivity index (χ2n) is 4.01. The normalized spacial score (nSPS) is 10.7. The van der Waals surface area contributed by atoms with Gasteiger partial charge in [-0.2, -0.15) is 0 Å². The molecule has 1 aromatic heterocycles. The minimum Gasteiger partial charge on any atom is -0.337 e. The van der Waals surface area contributed by atoms with Gasteiger partial charge in [-0.1, -0.05) is 12.1 Å². The molecule has 0 bridgehead atoms. The lowest BCUT2D eigenvalue weighted by molar-refractivity contribution is 0.618. The zero-order valence-electron chi connectivity index (χ0n) is 9.86. The molecule has 0 saturated carbocycles. The fourth-order valence-corrected chi connectivity index (χ4v) is 1.69. The molecule has 0 amide bonds. The Hall–Kier alpha value is -1.68. The molecule has 2 aromatic rings. The molecule has 2 rings (SSSR count). The summed E-state index contributed by atoms with van der Waals surface area (Å²) in [5, 5.41) is 3.29. The van der Waals surface area contributed by atoms with Gasteiger partial charge in [0.05, 0.1) is 6.54 Å². The summed E-state index contributed by atoms with van der Waals surface area (Å²) in [6, 6.07) is 6.71. The molecule has 0 unspecified atom stereocenters. The molecule has 3 nitrogen and oxygen atoms in total. The SMILES string of the molecule is Cn1ccnc1CNCCc1cccc(F)c1. The molecular formula is C13H16FN3. The number of halogens is 1. The number of aromatic nitrogens is 2. The Balaban J connectivity index is 1.75. The molecule has 0 aliphatic heterocycles. The summed E-state index contributed by atoms with van der Waals surface area (Å²) in [4.78, 5) is 4.21. The number of hydrogen-bond acceptors (Lipinski definition) is 2. The third-order valence-corrected chi connectivity index (χ3v) is 2.68. The van der Waals surface area contributed by atoms with E-state index in [9.17, 15) is 4.39 Å². The first-order valence-corrected chi connectivity index (χ1v) is 5.67. The van der Waals surface area contributed by atoms with Crippen molar-refractivity contribution in [3.63, 3.8) is 0 Å². The number of nitrogens with zero attached hydrogens (tertiary/aromatic N) is 2. The van der Waals surface area contributed by atoms with Crippen LogP contribution in [0.5, 0.6) is 0 Å². The molecule has 0 radical (unpaired) electrons. The Morgan fingerprint density at radius 3 is 3.00 bits per heavy atom. The van der Waals surface area contributed by atoms with Gasteiger partial charge in [0.15, 0.2) is 0 Å². The topological polar surface area (TPSA) is 29.9 Å². The van der Waals surface area contributed by atoms with Crippen molar-refractivity contribution in [3.05, 3.63) is 53.9 Å². The van der Waals surface area contributed by atoms with Crippen LogP contribution in [0.4, 0.5) is 4.39 Å². The van der Waals surface area contributed by atoms with Crippen LogP contribution in [0.15, 0.2) is 36.7 Å². The summed E-state index contributed by atoms with van der Waals surface area (Å²) >= 11 is 0. The van der Waals surface area contributed by atoms with Gasteiger partial charge in [-0.3, -0.25) is 0 Å². The van der Waals surface area contributed by atoms with E-state index < -0.39 is 0 Å². The minimum atomic E-state index is -0.174. The summed E-state index contributed by atoms with van der Waals surface area (Å²) < 4.78 is 14.9. The van der Waals surface area contributed by atoms with Crippen LogP contribution in [-0.4, -0.2) is 16.1 Å². The molecule has 0 atom stereocenters. The summed E-state index contributed by atoms with van der Waals surface area (Å²) in [6.45, 7) is 1.55. The fourth-order valence-electron chi connectivity index (χ4n) is 1.69. The van der Waals surface area contributed by atoms with Gasteiger partial charge in [-0.15, -0.1) is 0 Å². The quantitative estimate of drug-likeness (QED) is 0.799. The van der Waals surface area contributed by atoms with Gasteiger partial charge in [0.2, 0.25) is 0 Å². The van der Waals surface area contributed by atoms with Crippen LogP contribution in [-0.2, 0) is 20.0 Å². The molecule has 0 aliphatic carbocycles. The number of benzene rings is 1. The van der Waals surface area contributed by atoms with Crippen molar-refractivity contribution in [3.8, 4) is 0 Å². The summed E-state index contributed by atoms with van der Waals surface area (Å²) in [5.41, 5.74) is 1.01. The number of rotatable bonds is 5. The third kappa shape index (κ3) is 3.39. The van der Waals surface area contributed by atoms with E-state index in [1.807, 2.05) is 23.9 Å². The van der Waals surface area contributed by atoms with E-state index in [1.54, 1.807) is 18.3 Å². The van der Waals surface area contributed by atoms with Gasteiger partial charge >= 0.3 is 0 Å². The lowest BCUT2D eigenvalue weighted by atomic mass is 10.1. The van der Waals surface area contributed by atoms with Crippen LogP contribution in [0.1, 0.15) is 11.4 Å². The molecule has 1 aromatic carbocycles. The van der Waals surface area contributed by atoms with Crippen molar-refractivity contribution >= 4 is 0 Å². The lowest BCUT2D eigenvalue weighted by Crippen LogP contribution is -2.19. The van der Waals surface area contributed by atoms with Crippen LogP contribution in [0.3, 0.4) is 0 Å². The Labute approximate surface area is 100 Å². The molecule has 0 fully saturated rings. The van der Waals surface area contributed by atoms with E-state index in [0.29, 0.717) is 0 Å². The predicted molar refractivity (Wildman–Crippen MR) is 65.0 cm³/mol. The number of aryl methyl sites for hydroxylation is 1. The van der Waals surface area contributed by atoms with Gasteiger partial charge in [0, 0.05) is 19.4 Å². The molecule has 90 valence electrons. The summed E-state index contributed by atoms with van der Waals surface area (Å²) in [6.07, 6.45) is 4.52. The number of imidazole rings is 1. The van der Waals surface area contributed by atoms with Gasteiger partial charge < -0.3 is 9.88 Å². The summed E-state index contributed by atoms with van der Waals surface area (Å²) in [5.74, 6) is 0.829. The van der Waals surface area contributed by atoms with Crippen molar-refractivity contribution in [2.45, 2.75) is 13.0 Å². The van der Waals surface area contributed by atoms with Gasteiger partial charge in [0.1, 0.15) is 11.6 Å². The first kappa shape index (κ1) is 11.8. The highest BCUT2D eigenvalue weighted by molar-refractivity contribution is 5.16. The van der Waals surface area contributed by atoms with E-state index in [1.165, 1.54) is 6.07 Å². The highest BCUT2D eigenvalue weighted by Gasteiger charge is 1.98. The predicted octanol–water partition coefficient (Wildman–Crippen LogP) is 1.89. The molecule has 1 heterocycles.